The molecule has 0 fully saturated rings. The van der Waals surface area contributed by atoms with Gasteiger partial charge in [0, 0.05) is 18.4 Å². The third-order valence-corrected chi connectivity index (χ3v) is 3.35. The Kier molecular flexibility index (Phi) is 7.64. The molecule has 1 rings (SSSR count). The molecule has 0 amide bonds. The van der Waals surface area contributed by atoms with E-state index in [0.717, 1.165) is 23.3 Å². The van der Waals surface area contributed by atoms with Crippen molar-refractivity contribution < 1.29 is 19.1 Å². The predicted molar refractivity (Wildman–Crippen MR) is 86.4 cm³/mol. The summed E-state index contributed by atoms with van der Waals surface area (Å²) in [7, 11) is 1.36. The zero-order valence-electron chi connectivity index (χ0n) is 14.0. The Morgan fingerprint density at radius 1 is 1.18 bits per heavy atom. The number of methoxy groups -OCH3 is 1. The van der Waals surface area contributed by atoms with Crippen LogP contribution in [0.25, 0.3) is 0 Å². The summed E-state index contributed by atoms with van der Waals surface area (Å²) < 4.78 is 10.3. The standard InChI is InChI=1S/C18H26O4/c1-5-14-11-15(22-12-13(2)3)9-10-16(14)17(19)7-6-8-18(20)21-4/h9-11,13H,5-8,12H2,1-4H3. The van der Waals surface area contributed by atoms with E-state index in [1.807, 2.05) is 25.1 Å². The lowest BCUT2D eigenvalue weighted by Crippen LogP contribution is -2.08. The number of hydrogen-bond acceptors (Lipinski definition) is 4. The first-order valence-corrected chi connectivity index (χ1v) is 7.83. The van der Waals surface area contributed by atoms with Crippen LogP contribution in [0.15, 0.2) is 18.2 Å². The maximum Gasteiger partial charge on any atom is 0.305 e. The highest BCUT2D eigenvalue weighted by molar-refractivity contribution is 5.97. The van der Waals surface area contributed by atoms with E-state index in [1.54, 1.807) is 0 Å². The van der Waals surface area contributed by atoms with E-state index >= 15 is 0 Å². The summed E-state index contributed by atoms with van der Waals surface area (Å²) in [6.45, 7) is 6.88. The smallest absolute Gasteiger partial charge is 0.305 e. The van der Waals surface area contributed by atoms with Gasteiger partial charge in [-0.05, 0) is 42.5 Å². The fourth-order valence-electron chi connectivity index (χ4n) is 2.12. The highest BCUT2D eigenvalue weighted by Gasteiger charge is 2.12. The molecule has 22 heavy (non-hydrogen) atoms. The monoisotopic (exact) mass is 306 g/mol. The van der Waals surface area contributed by atoms with Gasteiger partial charge in [-0.2, -0.15) is 0 Å². The van der Waals surface area contributed by atoms with Gasteiger partial charge in [-0.25, -0.2) is 0 Å². The van der Waals surface area contributed by atoms with Gasteiger partial charge in [-0.3, -0.25) is 9.59 Å². The van der Waals surface area contributed by atoms with Crippen molar-refractivity contribution in [3.8, 4) is 5.75 Å². The van der Waals surface area contributed by atoms with E-state index in [4.69, 9.17) is 4.74 Å². The molecule has 4 nitrogen and oxygen atoms in total. The Morgan fingerprint density at radius 2 is 1.91 bits per heavy atom. The minimum Gasteiger partial charge on any atom is -0.493 e. The average Bonchev–Trinajstić information content (AvgIpc) is 2.52. The van der Waals surface area contributed by atoms with Crippen LogP contribution in [0.4, 0.5) is 0 Å². The Labute approximate surface area is 132 Å². The maximum absolute atomic E-state index is 12.3. The molecule has 0 spiro atoms. The number of carbonyl (C=O) groups is 2. The van der Waals surface area contributed by atoms with Gasteiger partial charge in [0.2, 0.25) is 0 Å². The van der Waals surface area contributed by atoms with Crippen molar-refractivity contribution in [2.75, 3.05) is 13.7 Å². The molecule has 0 radical (unpaired) electrons. The van der Waals surface area contributed by atoms with Gasteiger partial charge in [-0.15, -0.1) is 0 Å². The first-order chi connectivity index (χ1) is 10.5. The summed E-state index contributed by atoms with van der Waals surface area (Å²) >= 11 is 0. The van der Waals surface area contributed by atoms with E-state index in [2.05, 4.69) is 18.6 Å². The zero-order chi connectivity index (χ0) is 16.5. The summed E-state index contributed by atoms with van der Waals surface area (Å²) in [6.07, 6.45) is 1.92. The molecule has 0 atom stereocenters. The number of rotatable bonds is 9. The predicted octanol–water partition coefficient (Wildman–Crippen LogP) is 3.81. The fourth-order valence-corrected chi connectivity index (χ4v) is 2.12. The largest absolute Gasteiger partial charge is 0.493 e. The van der Waals surface area contributed by atoms with Gasteiger partial charge < -0.3 is 9.47 Å². The molecular weight excluding hydrogens is 280 g/mol. The van der Waals surface area contributed by atoms with E-state index in [0.29, 0.717) is 25.4 Å². The number of ketones is 1. The zero-order valence-corrected chi connectivity index (χ0v) is 14.0. The minimum atomic E-state index is -0.277. The van der Waals surface area contributed by atoms with Gasteiger partial charge in [0.15, 0.2) is 5.78 Å². The van der Waals surface area contributed by atoms with Gasteiger partial charge in [-0.1, -0.05) is 20.8 Å². The van der Waals surface area contributed by atoms with Crippen LogP contribution in [0, 0.1) is 5.92 Å². The van der Waals surface area contributed by atoms with Crippen LogP contribution in [0.1, 0.15) is 56.0 Å². The molecule has 0 aromatic heterocycles. The van der Waals surface area contributed by atoms with Crippen molar-refractivity contribution in [3.63, 3.8) is 0 Å². The number of aryl methyl sites for hydroxylation is 1. The molecule has 0 saturated heterocycles. The first-order valence-electron chi connectivity index (χ1n) is 7.83. The molecule has 0 bridgehead atoms. The molecule has 0 unspecified atom stereocenters. The van der Waals surface area contributed by atoms with Crippen molar-refractivity contribution in [2.24, 2.45) is 5.92 Å². The minimum absolute atomic E-state index is 0.0659. The molecule has 0 saturated carbocycles. The van der Waals surface area contributed by atoms with Crippen LogP contribution in [0.5, 0.6) is 5.75 Å². The average molecular weight is 306 g/mol. The number of ether oxygens (including phenoxy) is 2. The lowest BCUT2D eigenvalue weighted by molar-refractivity contribution is -0.140. The third kappa shape index (κ3) is 5.88. The summed E-state index contributed by atoms with van der Waals surface area (Å²) in [4.78, 5) is 23.4. The summed E-state index contributed by atoms with van der Waals surface area (Å²) in [5, 5.41) is 0. The second kappa shape index (κ2) is 9.23. The maximum atomic E-state index is 12.3. The second-order valence-electron chi connectivity index (χ2n) is 5.73. The number of carbonyl (C=O) groups excluding carboxylic acids is 2. The van der Waals surface area contributed by atoms with Crippen molar-refractivity contribution >= 4 is 11.8 Å². The normalized spacial score (nSPS) is 10.6. The molecular formula is C18H26O4. The molecule has 0 N–H and O–H groups in total. The van der Waals surface area contributed by atoms with Gasteiger partial charge in [0.25, 0.3) is 0 Å². The van der Waals surface area contributed by atoms with Crippen LogP contribution < -0.4 is 4.74 Å². The highest BCUT2D eigenvalue weighted by atomic mass is 16.5. The van der Waals surface area contributed by atoms with Gasteiger partial charge in [0.1, 0.15) is 5.75 Å². The van der Waals surface area contributed by atoms with Crippen molar-refractivity contribution in [1.82, 2.24) is 0 Å². The van der Waals surface area contributed by atoms with Crippen LogP contribution in [0.3, 0.4) is 0 Å². The first kappa shape index (κ1) is 18.2. The molecule has 0 aliphatic carbocycles. The van der Waals surface area contributed by atoms with Gasteiger partial charge >= 0.3 is 5.97 Å². The molecule has 0 aliphatic rings. The van der Waals surface area contributed by atoms with E-state index in [9.17, 15) is 9.59 Å². The van der Waals surface area contributed by atoms with Crippen molar-refractivity contribution in [2.45, 2.75) is 46.5 Å². The molecule has 0 heterocycles. The van der Waals surface area contributed by atoms with Crippen molar-refractivity contribution in [1.29, 1.82) is 0 Å². The quantitative estimate of drug-likeness (QED) is 0.514. The highest BCUT2D eigenvalue weighted by Crippen LogP contribution is 2.21. The third-order valence-electron chi connectivity index (χ3n) is 3.35. The Bertz CT molecular complexity index is 506. The summed E-state index contributed by atoms with van der Waals surface area (Å²) in [6, 6.07) is 5.61. The molecule has 4 heteroatoms. The van der Waals surface area contributed by atoms with E-state index in [1.165, 1.54) is 7.11 Å². The van der Waals surface area contributed by atoms with Crippen LogP contribution in [0.2, 0.25) is 0 Å². The Morgan fingerprint density at radius 3 is 2.50 bits per heavy atom. The number of Topliss-reactive ketones (excluding diaryl/α,β-unsaturated/α-hetero) is 1. The van der Waals surface area contributed by atoms with Crippen LogP contribution in [-0.2, 0) is 16.0 Å². The SMILES string of the molecule is CCc1cc(OCC(C)C)ccc1C(=O)CCCC(=O)OC. The number of esters is 1. The van der Waals surface area contributed by atoms with Crippen LogP contribution in [-0.4, -0.2) is 25.5 Å². The molecule has 1 aromatic rings. The summed E-state index contributed by atoms with van der Waals surface area (Å²) in [5.74, 6) is 1.05. The van der Waals surface area contributed by atoms with E-state index < -0.39 is 0 Å². The topological polar surface area (TPSA) is 52.6 Å². The molecule has 0 aliphatic heterocycles. The lowest BCUT2D eigenvalue weighted by Gasteiger charge is -2.12. The Hall–Kier alpha value is -1.84. The fraction of sp³-hybridized carbons (Fsp3) is 0.556. The number of hydrogen-bond donors (Lipinski definition) is 0. The Balaban J connectivity index is 2.69. The second-order valence-corrected chi connectivity index (χ2v) is 5.73. The summed E-state index contributed by atoms with van der Waals surface area (Å²) in [5.41, 5.74) is 1.72. The van der Waals surface area contributed by atoms with E-state index in [-0.39, 0.29) is 18.2 Å². The number of benzene rings is 1. The molecule has 122 valence electrons. The van der Waals surface area contributed by atoms with Crippen molar-refractivity contribution in [3.05, 3.63) is 29.3 Å². The molecule has 1 aromatic carbocycles. The van der Waals surface area contributed by atoms with Gasteiger partial charge in [0.05, 0.1) is 13.7 Å². The lowest BCUT2D eigenvalue weighted by atomic mass is 9.98. The van der Waals surface area contributed by atoms with Crippen LogP contribution >= 0.6 is 0 Å².